The number of nitrogens with one attached hydrogen (secondary N) is 1. The molecule has 76 valence electrons. The second kappa shape index (κ2) is 4.22. The molecule has 0 amide bonds. The highest BCUT2D eigenvalue weighted by atomic mass is 79.9. The smallest absolute Gasteiger partial charge is 0.321 e. The lowest BCUT2D eigenvalue weighted by Crippen LogP contribution is -2.33. The number of halogens is 1. The Morgan fingerprint density at radius 3 is 3.00 bits per heavy atom. The van der Waals surface area contributed by atoms with E-state index in [0.29, 0.717) is 5.75 Å². The van der Waals surface area contributed by atoms with Crippen molar-refractivity contribution in [1.82, 2.24) is 5.32 Å². The zero-order valence-electron chi connectivity index (χ0n) is 7.07. The Morgan fingerprint density at radius 1 is 1.71 bits per heavy atom. The summed E-state index contributed by atoms with van der Waals surface area (Å²) in [5.74, 6) is -0.141. The molecule has 1 aromatic heterocycles. The lowest BCUT2D eigenvalue weighted by atomic mass is 10.3. The summed E-state index contributed by atoms with van der Waals surface area (Å²) in [5, 5.41) is 14.0. The van der Waals surface area contributed by atoms with Crippen molar-refractivity contribution < 1.29 is 9.90 Å². The van der Waals surface area contributed by atoms with E-state index in [0.717, 1.165) is 4.47 Å². The second-order valence-corrected chi connectivity index (χ2v) is 5.84. The molecule has 1 aliphatic rings. The van der Waals surface area contributed by atoms with Gasteiger partial charge in [0, 0.05) is 15.1 Å². The summed E-state index contributed by atoms with van der Waals surface area (Å²) in [6.07, 6.45) is 0. The zero-order valence-corrected chi connectivity index (χ0v) is 10.3. The largest absolute Gasteiger partial charge is 0.480 e. The van der Waals surface area contributed by atoms with Gasteiger partial charge in [-0.1, -0.05) is 0 Å². The number of aliphatic carboxylic acids is 1. The predicted octanol–water partition coefficient (Wildman–Crippen LogP) is 2.30. The van der Waals surface area contributed by atoms with Crippen LogP contribution in [0, 0.1) is 0 Å². The highest BCUT2D eigenvalue weighted by molar-refractivity contribution is 9.10. The maximum Gasteiger partial charge on any atom is 0.321 e. The van der Waals surface area contributed by atoms with E-state index in [4.69, 9.17) is 5.11 Å². The van der Waals surface area contributed by atoms with Gasteiger partial charge in [0.15, 0.2) is 0 Å². The fraction of sp³-hybridized carbons (Fsp3) is 0.375. The summed E-state index contributed by atoms with van der Waals surface area (Å²) < 4.78 is 1.05. The molecular weight excluding hydrogens is 286 g/mol. The van der Waals surface area contributed by atoms with Crippen molar-refractivity contribution in [3.8, 4) is 0 Å². The van der Waals surface area contributed by atoms with Gasteiger partial charge in [-0.3, -0.25) is 10.1 Å². The zero-order chi connectivity index (χ0) is 10.1. The van der Waals surface area contributed by atoms with Crippen molar-refractivity contribution in [2.45, 2.75) is 11.4 Å². The number of thiophene rings is 1. The van der Waals surface area contributed by atoms with Gasteiger partial charge in [0.25, 0.3) is 0 Å². The lowest BCUT2D eigenvalue weighted by Gasteiger charge is -2.09. The maximum atomic E-state index is 10.7. The predicted molar refractivity (Wildman–Crippen MR) is 61.8 cm³/mol. The number of carboxylic acids is 1. The average molecular weight is 294 g/mol. The molecule has 2 atom stereocenters. The number of hydrogen-bond donors (Lipinski definition) is 2. The average Bonchev–Trinajstić information content (AvgIpc) is 2.71. The topological polar surface area (TPSA) is 49.3 Å². The van der Waals surface area contributed by atoms with Crippen LogP contribution in [0.3, 0.4) is 0 Å². The van der Waals surface area contributed by atoms with Crippen molar-refractivity contribution >= 4 is 45.0 Å². The number of thioether (sulfide) groups is 1. The Labute approximate surface area is 98.0 Å². The molecule has 0 aliphatic carbocycles. The quantitative estimate of drug-likeness (QED) is 0.878. The van der Waals surface area contributed by atoms with Crippen LogP contribution in [-0.2, 0) is 4.79 Å². The third kappa shape index (κ3) is 1.98. The molecule has 2 heterocycles. The summed E-state index contributed by atoms with van der Waals surface area (Å²) in [5.41, 5.74) is 0. The molecular formula is C8H8BrNO2S2. The molecule has 1 fully saturated rings. The number of carbonyl (C=O) groups is 1. The molecule has 1 aromatic rings. The van der Waals surface area contributed by atoms with Crippen molar-refractivity contribution in [2.75, 3.05) is 5.75 Å². The van der Waals surface area contributed by atoms with Crippen LogP contribution in [0.1, 0.15) is 10.3 Å². The Hall–Kier alpha value is -0.0400. The van der Waals surface area contributed by atoms with E-state index in [9.17, 15) is 4.79 Å². The molecule has 2 N–H and O–H groups in total. The lowest BCUT2D eigenvalue weighted by molar-refractivity contribution is -0.138. The molecule has 14 heavy (non-hydrogen) atoms. The van der Waals surface area contributed by atoms with Gasteiger partial charge in [-0.2, -0.15) is 0 Å². The fourth-order valence-electron chi connectivity index (χ4n) is 1.26. The van der Waals surface area contributed by atoms with E-state index >= 15 is 0 Å². The molecule has 1 aliphatic heterocycles. The fourth-order valence-corrected chi connectivity index (χ4v) is 4.48. The normalized spacial score (nSPS) is 26.6. The highest BCUT2D eigenvalue weighted by Crippen LogP contribution is 2.39. The summed E-state index contributed by atoms with van der Waals surface area (Å²) in [7, 11) is 0. The van der Waals surface area contributed by atoms with Crippen LogP contribution < -0.4 is 5.32 Å². The molecule has 2 rings (SSSR count). The standard InChI is InChI=1S/C8H8BrNO2S2/c9-4-1-2-13-6(4)7-10-5(3-14-7)8(11)12/h1-2,5,7,10H,3H2,(H,11,12). The summed E-state index contributed by atoms with van der Waals surface area (Å²) in [4.78, 5) is 11.9. The summed E-state index contributed by atoms with van der Waals surface area (Å²) >= 11 is 6.72. The molecule has 0 radical (unpaired) electrons. The molecule has 0 saturated carbocycles. The SMILES string of the molecule is O=C(O)C1CSC(c2sccc2Br)N1. The molecule has 0 aromatic carbocycles. The van der Waals surface area contributed by atoms with Crippen molar-refractivity contribution in [3.63, 3.8) is 0 Å². The third-order valence-electron chi connectivity index (χ3n) is 1.96. The van der Waals surface area contributed by atoms with Gasteiger partial charge in [0.05, 0.1) is 5.37 Å². The van der Waals surface area contributed by atoms with E-state index in [1.165, 1.54) is 4.88 Å². The van der Waals surface area contributed by atoms with Crippen LogP contribution >= 0.6 is 39.0 Å². The van der Waals surface area contributed by atoms with Crippen LogP contribution in [0.25, 0.3) is 0 Å². The summed E-state index contributed by atoms with van der Waals surface area (Å²) in [6, 6.07) is 1.56. The minimum atomic E-state index is -0.771. The molecule has 0 bridgehead atoms. The Kier molecular flexibility index (Phi) is 3.16. The van der Waals surface area contributed by atoms with Gasteiger partial charge in [-0.05, 0) is 27.4 Å². The van der Waals surface area contributed by atoms with Crippen molar-refractivity contribution in [1.29, 1.82) is 0 Å². The first-order valence-corrected chi connectivity index (χ1v) is 6.74. The van der Waals surface area contributed by atoms with Gasteiger partial charge >= 0.3 is 5.97 Å². The van der Waals surface area contributed by atoms with Crippen molar-refractivity contribution in [3.05, 3.63) is 20.8 Å². The minimum Gasteiger partial charge on any atom is -0.480 e. The van der Waals surface area contributed by atoms with Gasteiger partial charge in [0.2, 0.25) is 0 Å². The van der Waals surface area contributed by atoms with Crippen molar-refractivity contribution in [2.24, 2.45) is 0 Å². The van der Waals surface area contributed by atoms with Crippen LogP contribution in [0.4, 0.5) is 0 Å². The van der Waals surface area contributed by atoms with Gasteiger partial charge < -0.3 is 5.11 Å². The van der Waals surface area contributed by atoms with Crippen LogP contribution in [0.15, 0.2) is 15.9 Å². The number of rotatable bonds is 2. The highest BCUT2D eigenvalue weighted by Gasteiger charge is 2.31. The number of carboxylic acid groups (broad SMARTS) is 1. The summed E-state index contributed by atoms with van der Waals surface area (Å²) in [6.45, 7) is 0. The monoisotopic (exact) mass is 293 g/mol. The Bertz CT molecular complexity index is 355. The molecule has 2 unspecified atom stereocenters. The second-order valence-electron chi connectivity index (χ2n) is 2.90. The van der Waals surface area contributed by atoms with Crippen LogP contribution in [0.2, 0.25) is 0 Å². The van der Waals surface area contributed by atoms with E-state index in [1.54, 1.807) is 23.1 Å². The first-order valence-electron chi connectivity index (χ1n) is 4.02. The molecule has 0 spiro atoms. The first kappa shape index (κ1) is 10.5. The number of hydrogen-bond acceptors (Lipinski definition) is 4. The Morgan fingerprint density at radius 2 is 2.50 bits per heavy atom. The van der Waals surface area contributed by atoms with E-state index < -0.39 is 12.0 Å². The third-order valence-corrected chi connectivity index (χ3v) is 5.28. The minimum absolute atomic E-state index is 0.116. The molecule has 1 saturated heterocycles. The van der Waals surface area contributed by atoms with E-state index in [1.807, 2.05) is 11.4 Å². The molecule has 6 heteroatoms. The van der Waals surface area contributed by atoms with Gasteiger partial charge in [0.1, 0.15) is 6.04 Å². The van der Waals surface area contributed by atoms with Gasteiger partial charge in [-0.25, -0.2) is 0 Å². The van der Waals surface area contributed by atoms with Gasteiger partial charge in [-0.15, -0.1) is 23.1 Å². The molecule has 3 nitrogen and oxygen atoms in total. The van der Waals surface area contributed by atoms with Crippen LogP contribution in [-0.4, -0.2) is 22.9 Å². The maximum absolute atomic E-state index is 10.7. The van der Waals surface area contributed by atoms with E-state index in [2.05, 4.69) is 21.2 Å². The first-order chi connectivity index (χ1) is 6.68. The Balaban J connectivity index is 2.10. The van der Waals surface area contributed by atoms with Crippen LogP contribution in [0.5, 0.6) is 0 Å². The van der Waals surface area contributed by atoms with E-state index in [-0.39, 0.29) is 5.37 Å².